The first-order valence-electron chi connectivity index (χ1n) is 16.6. The van der Waals surface area contributed by atoms with Gasteiger partial charge in [-0.1, -0.05) is 147 Å². The lowest BCUT2D eigenvalue weighted by Gasteiger charge is -2.22. The van der Waals surface area contributed by atoms with Crippen LogP contribution in [0.15, 0.2) is 158 Å². The molecule has 48 heavy (non-hydrogen) atoms. The molecular weight excluding hydrogens is 601 g/mol. The van der Waals surface area contributed by atoms with Gasteiger partial charge in [-0.3, -0.25) is 0 Å². The Morgan fingerprint density at radius 2 is 1.17 bits per heavy atom. The third-order valence-electron chi connectivity index (χ3n) is 10.8. The summed E-state index contributed by atoms with van der Waals surface area (Å²) < 4.78 is 18.1. The average Bonchev–Trinajstić information content (AvgIpc) is 3.70. The third-order valence-corrected chi connectivity index (χ3v) is 14.0. The number of para-hydroxylation sites is 1. The minimum Gasteiger partial charge on any atom is -0.309 e. The van der Waals surface area contributed by atoms with Crippen LogP contribution >= 0.6 is 7.14 Å². The summed E-state index contributed by atoms with van der Waals surface area (Å²) in [5, 5.41) is 5.02. The van der Waals surface area contributed by atoms with Gasteiger partial charge in [-0.25, -0.2) is 0 Å². The molecule has 0 saturated carbocycles. The van der Waals surface area contributed by atoms with Gasteiger partial charge in [0.2, 0.25) is 0 Å². The molecule has 228 valence electrons. The topological polar surface area (TPSA) is 22.0 Å². The van der Waals surface area contributed by atoms with Gasteiger partial charge in [-0.15, -0.1) is 0 Å². The monoisotopic (exact) mass is 633 g/mol. The van der Waals surface area contributed by atoms with Crippen LogP contribution in [0.4, 0.5) is 0 Å². The lowest BCUT2D eigenvalue weighted by molar-refractivity contribution is 0.593. The molecule has 2 nitrogen and oxygen atoms in total. The van der Waals surface area contributed by atoms with Crippen molar-refractivity contribution >= 4 is 44.9 Å². The second kappa shape index (κ2) is 9.80. The summed E-state index contributed by atoms with van der Waals surface area (Å²) in [5.74, 6) is 0. The zero-order valence-electron chi connectivity index (χ0n) is 26.8. The Balaban J connectivity index is 1.19. The molecule has 0 saturated heterocycles. The van der Waals surface area contributed by atoms with Gasteiger partial charge in [0.15, 0.2) is 7.14 Å². The van der Waals surface area contributed by atoms with Gasteiger partial charge in [0, 0.05) is 32.5 Å². The van der Waals surface area contributed by atoms with Crippen molar-refractivity contribution in [1.82, 2.24) is 4.57 Å². The summed E-state index contributed by atoms with van der Waals surface area (Å²) >= 11 is 0. The number of nitrogens with zero attached hydrogens (tertiary/aromatic N) is 1. The standard InChI is InChI=1S/C45H32NOP/c1-45(2)39-17-9-6-14-33(39)34-25-22-30(28-40(34)45)29-20-23-31(24-21-29)46-41-18-10-7-15-35(41)37-26-27-38-36-16-8-11-19-42(36)48(47,44(38)43(37)46)32-12-4-3-5-13-32/h3-28H,1-2H3. The zero-order chi connectivity index (χ0) is 32.2. The van der Waals surface area contributed by atoms with Crippen molar-refractivity contribution in [2.75, 3.05) is 0 Å². The molecule has 2 aliphatic rings. The summed E-state index contributed by atoms with van der Waals surface area (Å²) in [6.07, 6.45) is 0. The molecule has 10 rings (SSSR count). The van der Waals surface area contributed by atoms with Crippen LogP contribution in [0.25, 0.3) is 60.9 Å². The highest BCUT2D eigenvalue weighted by Crippen LogP contribution is 2.55. The Bertz CT molecular complexity index is 2660. The van der Waals surface area contributed by atoms with Crippen molar-refractivity contribution < 1.29 is 4.57 Å². The van der Waals surface area contributed by atoms with Gasteiger partial charge in [0.05, 0.1) is 16.3 Å². The van der Waals surface area contributed by atoms with Crippen LogP contribution in [0.2, 0.25) is 0 Å². The first kappa shape index (κ1) is 27.7. The summed E-state index contributed by atoms with van der Waals surface area (Å²) in [4.78, 5) is 0. The Morgan fingerprint density at radius 1 is 0.521 bits per heavy atom. The number of hydrogen-bond acceptors (Lipinski definition) is 1. The van der Waals surface area contributed by atoms with Gasteiger partial charge >= 0.3 is 0 Å². The number of rotatable bonds is 3. The van der Waals surface area contributed by atoms with Crippen molar-refractivity contribution in [1.29, 1.82) is 0 Å². The number of hydrogen-bond donors (Lipinski definition) is 0. The maximum atomic E-state index is 15.8. The molecule has 7 aromatic carbocycles. The van der Waals surface area contributed by atoms with Crippen molar-refractivity contribution in [2.24, 2.45) is 0 Å². The summed E-state index contributed by atoms with van der Waals surface area (Å²) in [5.41, 5.74) is 13.1. The van der Waals surface area contributed by atoms with Crippen LogP contribution in [0, 0.1) is 0 Å². The van der Waals surface area contributed by atoms with Crippen LogP contribution < -0.4 is 15.9 Å². The molecule has 1 aromatic heterocycles. The first-order valence-corrected chi connectivity index (χ1v) is 18.3. The Labute approximate surface area is 280 Å². The maximum Gasteiger partial charge on any atom is 0.174 e. The van der Waals surface area contributed by atoms with E-state index in [2.05, 4.69) is 140 Å². The van der Waals surface area contributed by atoms with Gasteiger partial charge in [-0.05, 0) is 68.8 Å². The molecule has 0 N–H and O–H groups in total. The van der Waals surface area contributed by atoms with E-state index in [1.54, 1.807) is 0 Å². The molecule has 2 heterocycles. The number of benzene rings is 7. The summed E-state index contributed by atoms with van der Waals surface area (Å²) in [7, 11) is -3.17. The summed E-state index contributed by atoms with van der Waals surface area (Å²) in [6, 6.07) is 56.0. The zero-order valence-corrected chi connectivity index (χ0v) is 27.7. The fraction of sp³-hybridized carbons (Fsp3) is 0.0667. The minimum absolute atomic E-state index is 0.0461. The molecule has 0 bridgehead atoms. The molecule has 1 atom stereocenters. The molecule has 0 radical (unpaired) electrons. The third kappa shape index (κ3) is 3.56. The van der Waals surface area contributed by atoms with E-state index in [-0.39, 0.29) is 5.41 Å². The first-order chi connectivity index (χ1) is 23.5. The Kier molecular flexibility index (Phi) is 5.65. The minimum atomic E-state index is -3.17. The predicted molar refractivity (Wildman–Crippen MR) is 202 cm³/mol. The molecule has 0 amide bonds. The molecule has 0 fully saturated rings. The molecular formula is C45H32NOP. The molecule has 1 aliphatic heterocycles. The van der Waals surface area contributed by atoms with E-state index >= 15 is 4.57 Å². The largest absolute Gasteiger partial charge is 0.309 e. The Morgan fingerprint density at radius 3 is 2.00 bits per heavy atom. The highest BCUT2D eigenvalue weighted by atomic mass is 31.2. The highest BCUT2D eigenvalue weighted by Gasteiger charge is 2.43. The van der Waals surface area contributed by atoms with E-state index < -0.39 is 7.14 Å². The smallest absolute Gasteiger partial charge is 0.174 e. The molecule has 1 aliphatic carbocycles. The van der Waals surface area contributed by atoms with Crippen LogP contribution in [-0.2, 0) is 9.98 Å². The molecule has 1 unspecified atom stereocenters. The second-order valence-electron chi connectivity index (χ2n) is 13.7. The van der Waals surface area contributed by atoms with E-state index in [1.807, 2.05) is 36.4 Å². The van der Waals surface area contributed by atoms with E-state index in [0.29, 0.717) is 0 Å². The van der Waals surface area contributed by atoms with E-state index in [4.69, 9.17) is 0 Å². The van der Waals surface area contributed by atoms with E-state index in [9.17, 15) is 0 Å². The van der Waals surface area contributed by atoms with Gasteiger partial charge in [-0.2, -0.15) is 0 Å². The predicted octanol–water partition coefficient (Wildman–Crippen LogP) is 10.4. The van der Waals surface area contributed by atoms with Gasteiger partial charge in [0.25, 0.3) is 0 Å². The van der Waals surface area contributed by atoms with Crippen molar-refractivity contribution in [3.05, 3.63) is 169 Å². The van der Waals surface area contributed by atoms with Crippen LogP contribution in [-0.4, -0.2) is 4.57 Å². The Hall–Kier alpha value is -5.43. The lowest BCUT2D eigenvalue weighted by atomic mass is 9.81. The maximum absolute atomic E-state index is 15.8. The van der Waals surface area contributed by atoms with Gasteiger partial charge < -0.3 is 9.13 Å². The number of aromatic nitrogens is 1. The van der Waals surface area contributed by atoms with E-state index in [1.165, 1.54) is 33.4 Å². The molecule has 3 heteroatoms. The average molecular weight is 634 g/mol. The number of fused-ring (bicyclic) bond motifs is 10. The fourth-order valence-corrected chi connectivity index (χ4v) is 11.8. The quantitative estimate of drug-likeness (QED) is 0.178. The van der Waals surface area contributed by atoms with Crippen LogP contribution in [0.5, 0.6) is 0 Å². The van der Waals surface area contributed by atoms with Crippen molar-refractivity contribution in [3.8, 4) is 39.1 Å². The van der Waals surface area contributed by atoms with Crippen molar-refractivity contribution in [3.63, 3.8) is 0 Å². The second-order valence-corrected chi connectivity index (χ2v) is 16.3. The van der Waals surface area contributed by atoms with Crippen LogP contribution in [0.1, 0.15) is 25.0 Å². The molecule has 0 spiro atoms. The van der Waals surface area contributed by atoms with Crippen LogP contribution in [0.3, 0.4) is 0 Å². The van der Waals surface area contributed by atoms with Crippen molar-refractivity contribution in [2.45, 2.75) is 19.3 Å². The van der Waals surface area contributed by atoms with E-state index in [0.717, 1.165) is 54.5 Å². The fourth-order valence-electron chi connectivity index (χ4n) is 8.53. The molecule has 8 aromatic rings. The SMILES string of the molecule is CC1(C)c2ccccc2-c2ccc(-c3ccc(-n4c5ccccc5c5ccc6c(c54)P(=O)(c4ccccc4)c4ccccc4-6)cc3)cc21. The normalized spacial score (nSPS) is 16.9. The highest BCUT2D eigenvalue weighted by molar-refractivity contribution is 7.86. The van der Waals surface area contributed by atoms with Gasteiger partial charge in [0.1, 0.15) is 0 Å². The lowest BCUT2D eigenvalue weighted by Crippen LogP contribution is -2.22. The summed E-state index contributed by atoms with van der Waals surface area (Å²) in [6.45, 7) is 4.66.